The van der Waals surface area contributed by atoms with Crippen LogP contribution in [0.5, 0.6) is 17.2 Å². The molecule has 25 heavy (non-hydrogen) atoms. The van der Waals surface area contributed by atoms with Gasteiger partial charge in [-0.25, -0.2) is 0 Å². The highest BCUT2D eigenvalue weighted by atomic mass is 31.1. The van der Waals surface area contributed by atoms with Gasteiger partial charge in [-0.15, -0.1) is 0 Å². The van der Waals surface area contributed by atoms with Crippen molar-refractivity contribution in [1.29, 1.82) is 0 Å². The van der Waals surface area contributed by atoms with Crippen LogP contribution in [0.3, 0.4) is 0 Å². The van der Waals surface area contributed by atoms with Crippen molar-refractivity contribution >= 4 is 20.2 Å². The minimum Gasteiger partial charge on any atom is -0.497 e. The van der Waals surface area contributed by atoms with E-state index in [9.17, 15) is 4.79 Å². The van der Waals surface area contributed by atoms with E-state index in [1.165, 1.54) is 0 Å². The summed E-state index contributed by atoms with van der Waals surface area (Å²) in [4.78, 5) is 11.4. The fraction of sp³-hybridized carbons (Fsp3) is 0.350. The average molecular weight is 360 g/mol. The SMILES string of the molecule is CCC(C)(Pc1ccccc1C=O)c1cc(OC)cc(OC)c1OC. The van der Waals surface area contributed by atoms with E-state index >= 15 is 0 Å². The van der Waals surface area contributed by atoms with Crippen LogP contribution < -0.4 is 19.5 Å². The zero-order chi connectivity index (χ0) is 18.4. The van der Waals surface area contributed by atoms with Crippen LogP contribution in [0.25, 0.3) is 0 Å². The molecule has 0 amide bonds. The summed E-state index contributed by atoms with van der Waals surface area (Å²) in [5.74, 6) is 2.08. The number of rotatable bonds is 8. The van der Waals surface area contributed by atoms with Crippen molar-refractivity contribution < 1.29 is 19.0 Å². The number of aldehydes is 1. The van der Waals surface area contributed by atoms with Gasteiger partial charge in [0.25, 0.3) is 0 Å². The second-order valence-corrected chi connectivity index (χ2v) is 7.82. The van der Waals surface area contributed by atoms with Crippen molar-refractivity contribution in [3.8, 4) is 17.2 Å². The predicted molar refractivity (Wildman–Crippen MR) is 104 cm³/mol. The number of carbonyl (C=O) groups is 1. The van der Waals surface area contributed by atoms with Crippen LogP contribution in [0, 0.1) is 0 Å². The first kappa shape index (κ1) is 19.3. The summed E-state index contributed by atoms with van der Waals surface area (Å²) in [6, 6.07) is 11.5. The molecule has 0 aliphatic rings. The Balaban J connectivity index is 2.60. The van der Waals surface area contributed by atoms with Crippen molar-refractivity contribution in [1.82, 2.24) is 0 Å². The monoisotopic (exact) mass is 360 g/mol. The van der Waals surface area contributed by atoms with Crippen LogP contribution in [-0.4, -0.2) is 27.6 Å². The van der Waals surface area contributed by atoms with Gasteiger partial charge in [0.15, 0.2) is 17.8 Å². The van der Waals surface area contributed by atoms with E-state index < -0.39 is 0 Å². The van der Waals surface area contributed by atoms with E-state index in [2.05, 4.69) is 13.8 Å². The molecule has 134 valence electrons. The fourth-order valence-electron chi connectivity index (χ4n) is 2.82. The fourth-order valence-corrected chi connectivity index (χ4v) is 4.38. The summed E-state index contributed by atoms with van der Waals surface area (Å²) >= 11 is 0. The first-order valence-corrected chi connectivity index (χ1v) is 9.15. The normalized spacial score (nSPS) is 13.5. The molecular formula is C20H25O4P. The molecule has 0 saturated heterocycles. The Morgan fingerprint density at radius 3 is 2.36 bits per heavy atom. The van der Waals surface area contributed by atoms with Crippen LogP contribution >= 0.6 is 8.58 Å². The summed E-state index contributed by atoms with van der Waals surface area (Å²) in [6.07, 6.45) is 1.80. The van der Waals surface area contributed by atoms with Crippen LogP contribution in [0.4, 0.5) is 0 Å². The number of methoxy groups -OCH3 is 3. The summed E-state index contributed by atoms with van der Waals surface area (Å²) in [5, 5.41) is 0.831. The highest BCUT2D eigenvalue weighted by Gasteiger charge is 2.31. The first-order chi connectivity index (χ1) is 12.0. The van der Waals surface area contributed by atoms with E-state index in [0.29, 0.717) is 20.1 Å². The molecule has 0 spiro atoms. The molecule has 2 aromatic carbocycles. The minimum atomic E-state index is -0.216. The Labute approximate surface area is 151 Å². The Morgan fingerprint density at radius 1 is 1.08 bits per heavy atom. The largest absolute Gasteiger partial charge is 0.497 e. The lowest BCUT2D eigenvalue weighted by molar-refractivity contribution is 0.112. The van der Waals surface area contributed by atoms with Gasteiger partial charge < -0.3 is 14.2 Å². The van der Waals surface area contributed by atoms with Crippen molar-refractivity contribution in [2.75, 3.05) is 21.3 Å². The van der Waals surface area contributed by atoms with E-state index in [1.807, 2.05) is 36.4 Å². The molecule has 2 rings (SSSR count). The molecule has 0 N–H and O–H groups in total. The van der Waals surface area contributed by atoms with Gasteiger partial charge in [-0.05, 0) is 17.8 Å². The molecule has 2 aromatic rings. The van der Waals surface area contributed by atoms with E-state index in [4.69, 9.17) is 14.2 Å². The molecule has 2 unspecified atom stereocenters. The molecule has 0 radical (unpaired) electrons. The van der Waals surface area contributed by atoms with Gasteiger partial charge in [-0.3, -0.25) is 4.79 Å². The zero-order valence-corrected chi connectivity index (χ0v) is 16.4. The number of ether oxygens (including phenoxy) is 3. The maximum atomic E-state index is 11.4. The maximum absolute atomic E-state index is 11.4. The lowest BCUT2D eigenvalue weighted by atomic mass is 9.95. The topological polar surface area (TPSA) is 44.8 Å². The second kappa shape index (κ2) is 8.35. The van der Waals surface area contributed by atoms with Gasteiger partial charge in [0.05, 0.1) is 21.3 Å². The molecule has 4 nitrogen and oxygen atoms in total. The smallest absolute Gasteiger partial charge is 0.165 e. The van der Waals surface area contributed by atoms with Crippen molar-refractivity contribution in [2.24, 2.45) is 0 Å². The lowest BCUT2D eigenvalue weighted by Gasteiger charge is -2.32. The van der Waals surface area contributed by atoms with E-state index in [-0.39, 0.29) is 5.16 Å². The van der Waals surface area contributed by atoms with E-state index in [1.54, 1.807) is 21.3 Å². The maximum Gasteiger partial charge on any atom is 0.165 e. The third-order valence-electron chi connectivity index (χ3n) is 4.49. The van der Waals surface area contributed by atoms with Crippen molar-refractivity contribution in [3.63, 3.8) is 0 Å². The molecule has 0 bridgehead atoms. The average Bonchev–Trinajstić information content (AvgIpc) is 2.66. The molecule has 0 heterocycles. The Kier molecular flexibility index (Phi) is 6.44. The van der Waals surface area contributed by atoms with Gasteiger partial charge in [0.1, 0.15) is 5.75 Å². The molecular weight excluding hydrogens is 335 g/mol. The van der Waals surface area contributed by atoms with Gasteiger partial charge in [0, 0.05) is 22.3 Å². The second-order valence-electron chi connectivity index (χ2n) is 5.93. The van der Waals surface area contributed by atoms with Gasteiger partial charge in [-0.1, -0.05) is 46.7 Å². The summed E-state index contributed by atoms with van der Waals surface area (Å²) in [5.41, 5.74) is 1.75. The van der Waals surface area contributed by atoms with E-state index in [0.717, 1.165) is 34.9 Å². The zero-order valence-electron chi connectivity index (χ0n) is 15.4. The number of benzene rings is 2. The van der Waals surface area contributed by atoms with Crippen LogP contribution in [0.15, 0.2) is 36.4 Å². The van der Waals surface area contributed by atoms with Gasteiger partial charge in [-0.2, -0.15) is 0 Å². The van der Waals surface area contributed by atoms with Gasteiger partial charge in [0.2, 0.25) is 0 Å². The Hall–Kier alpha value is -2.06. The molecule has 0 aliphatic heterocycles. The van der Waals surface area contributed by atoms with Crippen molar-refractivity contribution in [2.45, 2.75) is 25.4 Å². The number of hydrogen-bond donors (Lipinski definition) is 0. The molecule has 5 heteroatoms. The third-order valence-corrected chi connectivity index (χ3v) is 6.39. The van der Waals surface area contributed by atoms with Crippen LogP contribution in [-0.2, 0) is 5.16 Å². The first-order valence-electron chi connectivity index (χ1n) is 8.15. The Bertz CT molecular complexity index is 744. The highest BCUT2D eigenvalue weighted by molar-refractivity contribution is 7.48. The number of hydrogen-bond acceptors (Lipinski definition) is 4. The molecule has 0 saturated carbocycles. The Morgan fingerprint density at radius 2 is 1.80 bits per heavy atom. The van der Waals surface area contributed by atoms with Crippen molar-refractivity contribution in [3.05, 3.63) is 47.5 Å². The van der Waals surface area contributed by atoms with Gasteiger partial charge >= 0.3 is 0 Å². The highest BCUT2D eigenvalue weighted by Crippen LogP contribution is 2.51. The third kappa shape index (κ3) is 3.96. The predicted octanol–water partition coefficient (Wildman–Crippen LogP) is 4.15. The summed E-state index contributed by atoms with van der Waals surface area (Å²) in [7, 11) is 5.31. The molecule has 2 atom stereocenters. The quantitative estimate of drug-likeness (QED) is 0.524. The lowest BCUT2D eigenvalue weighted by Crippen LogP contribution is -2.21. The van der Waals surface area contributed by atoms with Crippen LogP contribution in [0.2, 0.25) is 0 Å². The van der Waals surface area contributed by atoms with Crippen LogP contribution in [0.1, 0.15) is 36.2 Å². The number of carbonyl (C=O) groups excluding carboxylic acids is 1. The standard InChI is InChI=1S/C20H25O4P/c1-6-20(2,25-18-10-8-7-9-14(18)13-21)16-11-15(22-3)12-17(23-4)19(16)24-5/h7-13,25H,6H2,1-5H3. The molecule has 0 fully saturated rings. The summed E-state index contributed by atoms with van der Waals surface area (Å²) in [6.45, 7) is 4.33. The molecule has 0 aliphatic carbocycles. The molecule has 0 aromatic heterocycles. The minimum absolute atomic E-state index is 0.216. The summed E-state index contributed by atoms with van der Waals surface area (Å²) < 4.78 is 16.6.